The molecule has 18 heavy (non-hydrogen) atoms. The van der Waals surface area contributed by atoms with Crippen LogP contribution in [0.3, 0.4) is 0 Å². The molecule has 0 saturated heterocycles. The van der Waals surface area contributed by atoms with E-state index in [4.69, 9.17) is 14.4 Å². The highest BCUT2D eigenvalue weighted by atomic mass is 16.6. The number of furan rings is 1. The lowest BCUT2D eigenvalue weighted by Crippen LogP contribution is -2.12. The quantitative estimate of drug-likeness (QED) is 0.764. The van der Waals surface area contributed by atoms with Gasteiger partial charge in [-0.1, -0.05) is 0 Å². The third-order valence-electron chi connectivity index (χ3n) is 2.21. The van der Waals surface area contributed by atoms with Gasteiger partial charge >= 0.3 is 5.97 Å². The van der Waals surface area contributed by atoms with Crippen LogP contribution in [-0.2, 0) is 11.3 Å². The molecule has 0 aliphatic rings. The van der Waals surface area contributed by atoms with E-state index in [0.29, 0.717) is 12.3 Å². The molecule has 0 spiro atoms. The van der Waals surface area contributed by atoms with Gasteiger partial charge < -0.3 is 9.15 Å². The molecule has 2 rings (SSSR count). The van der Waals surface area contributed by atoms with Gasteiger partial charge in [-0.3, -0.25) is 4.68 Å². The van der Waals surface area contributed by atoms with Crippen molar-refractivity contribution in [2.45, 2.75) is 19.6 Å². The summed E-state index contributed by atoms with van der Waals surface area (Å²) in [5.41, 5.74) is 0. The second-order valence-electron chi connectivity index (χ2n) is 3.65. The van der Waals surface area contributed by atoms with E-state index < -0.39 is 12.1 Å². The lowest BCUT2D eigenvalue weighted by atomic mass is 10.4. The number of hydrogen-bond donors (Lipinski definition) is 0. The number of ether oxygens (including phenoxy) is 1. The zero-order chi connectivity index (χ0) is 13.0. The van der Waals surface area contributed by atoms with Crippen LogP contribution in [-0.4, -0.2) is 21.9 Å². The Morgan fingerprint density at radius 3 is 3.17 bits per heavy atom. The van der Waals surface area contributed by atoms with E-state index in [2.05, 4.69) is 5.10 Å². The van der Waals surface area contributed by atoms with Crippen LogP contribution in [0.2, 0.25) is 0 Å². The Hall–Kier alpha value is -2.55. The summed E-state index contributed by atoms with van der Waals surface area (Å²) in [4.78, 5) is 11.5. The minimum absolute atomic E-state index is 0.0826. The predicted octanol–water partition coefficient (Wildman–Crippen LogP) is 1.59. The molecule has 0 bridgehead atoms. The molecule has 1 unspecified atom stereocenters. The van der Waals surface area contributed by atoms with Crippen LogP contribution in [0.1, 0.15) is 23.2 Å². The smallest absolute Gasteiger partial charge is 0.375 e. The zero-order valence-electron chi connectivity index (χ0n) is 9.74. The Morgan fingerprint density at radius 1 is 1.67 bits per heavy atom. The molecule has 0 aromatic carbocycles. The van der Waals surface area contributed by atoms with Crippen molar-refractivity contribution in [3.05, 3.63) is 42.1 Å². The number of carbonyl (C=O) groups is 1. The topological polar surface area (TPSA) is 81.0 Å². The Bertz CT molecular complexity index is 566. The molecule has 92 valence electrons. The molecule has 6 heteroatoms. The number of hydrogen-bond acceptors (Lipinski definition) is 5. The Labute approximate surface area is 103 Å². The average molecular weight is 245 g/mol. The van der Waals surface area contributed by atoms with Gasteiger partial charge in [0.25, 0.3) is 0 Å². The highest BCUT2D eigenvalue weighted by molar-refractivity contribution is 5.86. The molecule has 2 heterocycles. The van der Waals surface area contributed by atoms with Crippen molar-refractivity contribution in [1.82, 2.24) is 9.78 Å². The summed E-state index contributed by atoms with van der Waals surface area (Å²) in [6, 6.07) is 6.80. The van der Waals surface area contributed by atoms with Crippen molar-refractivity contribution in [1.29, 1.82) is 5.26 Å². The summed E-state index contributed by atoms with van der Waals surface area (Å²) in [6.07, 6.45) is 2.66. The Morgan fingerprint density at radius 2 is 2.50 bits per heavy atom. The summed E-state index contributed by atoms with van der Waals surface area (Å²) < 4.78 is 11.8. The molecule has 0 amide bonds. The van der Waals surface area contributed by atoms with Crippen LogP contribution >= 0.6 is 0 Å². The fraction of sp³-hybridized carbons (Fsp3) is 0.250. The van der Waals surface area contributed by atoms with E-state index in [1.54, 1.807) is 29.2 Å². The van der Waals surface area contributed by atoms with Gasteiger partial charge in [0.1, 0.15) is 11.8 Å². The second-order valence-corrected chi connectivity index (χ2v) is 3.65. The summed E-state index contributed by atoms with van der Waals surface area (Å²) >= 11 is 0. The van der Waals surface area contributed by atoms with Gasteiger partial charge in [-0.25, -0.2) is 4.79 Å². The van der Waals surface area contributed by atoms with E-state index in [9.17, 15) is 4.79 Å². The first-order valence-electron chi connectivity index (χ1n) is 5.36. The minimum atomic E-state index is -0.794. The largest absolute Gasteiger partial charge is 0.452 e. The maximum absolute atomic E-state index is 11.5. The van der Waals surface area contributed by atoms with E-state index in [-0.39, 0.29) is 5.76 Å². The van der Waals surface area contributed by atoms with Crippen LogP contribution in [0.5, 0.6) is 0 Å². The average Bonchev–Trinajstić information content (AvgIpc) is 3.00. The van der Waals surface area contributed by atoms with Gasteiger partial charge in [0.15, 0.2) is 6.10 Å². The fourth-order valence-corrected chi connectivity index (χ4v) is 1.37. The molecule has 0 aliphatic heterocycles. The zero-order valence-corrected chi connectivity index (χ0v) is 9.74. The number of esters is 1. The van der Waals surface area contributed by atoms with Gasteiger partial charge in [-0.05, 0) is 25.1 Å². The summed E-state index contributed by atoms with van der Waals surface area (Å²) in [5.74, 6) is 0.0327. The number of nitriles is 1. The summed E-state index contributed by atoms with van der Waals surface area (Å²) in [7, 11) is 0. The molecule has 1 atom stereocenters. The normalized spacial score (nSPS) is 11.8. The third kappa shape index (κ3) is 2.77. The molecule has 0 saturated carbocycles. The Balaban J connectivity index is 2.02. The number of aromatic nitrogens is 2. The fourth-order valence-electron chi connectivity index (χ4n) is 1.37. The maximum atomic E-state index is 11.5. The maximum Gasteiger partial charge on any atom is 0.375 e. The van der Waals surface area contributed by atoms with Crippen molar-refractivity contribution in [2.75, 3.05) is 0 Å². The Kier molecular flexibility index (Phi) is 3.44. The van der Waals surface area contributed by atoms with Gasteiger partial charge in [-0.15, -0.1) is 0 Å². The van der Waals surface area contributed by atoms with Gasteiger partial charge in [-0.2, -0.15) is 10.4 Å². The van der Waals surface area contributed by atoms with Gasteiger partial charge in [0, 0.05) is 12.4 Å². The SMILES string of the molecule is CC(C#N)OC(=O)c1ccc(Cn2cccn2)o1. The van der Waals surface area contributed by atoms with Gasteiger partial charge in [0.2, 0.25) is 5.76 Å². The minimum Gasteiger partial charge on any atom is -0.452 e. The first kappa shape index (κ1) is 11.9. The standard InChI is InChI=1S/C12H11N3O3/c1-9(7-13)17-12(16)11-4-3-10(18-11)8-15-6-2-5-14-15/h2-6,9H,8H2,1H3. The van der Waals surface area contributed by atoms with Crippen molar-refractivity contribution < 1.29 is 13.9 Å². The van der Waals surface area contributed by atoms with E-state index in [1.165, 1.54) is 13.0 Å². The molecule has 2 aromatic heterocycles. The molecule has 0 aliphatic carbocycles. The highest BCUT2D eigenvalue weighted by Crippen LogP contribution is 2.11. The first-order chi connectivity index (χ1) is 8.69. The molecule has 2 aromatic rings. The van der Waals surface area contributed by atoms with Crippen LogP contribution in [0.15, 0.2) is 35.0 Å². The monoisotopic (exact) mass is 245 g/mol. The molecule has 0 radical (unpaired) electrons. The van der Waals surface area contributed by atoms with E-state index in [1.807, 2.05) is 6.07 Å². The molecule has 0 N–H and O–H groups in total. The molecule has 6 nitrogen and oxygen atoms in total. The van der Waals surface area contributed by atoms with Crippen molar-refractivity contribution in [2.24, 2.45) is 0 Å². The molecular weight excluding hydrogens is 234 g/mol. The number of rotatable bonds is 4. The molecule has 0 fully saturated rings. The third-order valence-corrected chi connectivity index (χ3v) is 2.21. The highest BCUT2D eigenvalue weighted by Gasteiger charge is 2.15. The van der Waals surface area contributed by atoms with Crippen LogP contribution < -0.4 is 0 Å². The second kappa shape index (κ2) is 5.19. The first-order valence-corrected chi connectivity index (χ1v) is 5.36. The predicted molar refractivity (Wildman–Crippen MR) is 60.5 cm³/mol. The van der Waals surface area contributed by atoms with Gasteiger partial charge in [0.05, 0.1) is 6.54 Å². The van der Waals surface area contributed by atoms with Crippen molar-refractivity contribution >= 4 is 5.97 Å². The van der Waals surface area contributed by atoms with E-state index in [0.717, 1.165) is 0 Å². The van der Waals surface area contributed by atoms with Crippen LogP contribution in [0.4, 0.5) is 0 Å². The summed E-state index contributed by atoms with van der Waals surface area (Å²) in [6.45, 7) is 1.93. The van der Waals surface area contributed by atoms with E-state index >= 15 is 0 Å². The van der Waals surface area contributed by atoms with Crippen LogP contribution in [0, 0.1) is 11.3 Å². The number of nitrogens with zero attached hydrogens (tertiary/aromatic N) is 3. The number of carbonyl (C=O) groups excluding carboxylic acids is 1. The van der Waals surface area contributed by atoms with Crippen molar-refractivity contribution in [3.63, 3.8) is 0 Å². The molecular formula is C12H11N3O3. The van der Waals surface area contributed by atoms with Crippen molar-refractivity contribution in [3.8, 4) is 6.07 Å². The van der Waals surface area contributed by atoms with Crippen LogP contribution in [0.25, 0.3) is 0 Å². The lowest BCUT2D eigenvalue weighted by molar-refractivity contribution is 0.0396. The summed E-state index contributed by atoms with van der Waals surface area (Å²) in [5, 5.41) is 12.6. The lowest BCUT2D eigenvalue weighted by Gasteiger charge is -2.03.